The topological polar surface area (TPSA) is 92.4 Å². The van der Waals surface area contributed by atoms with Gasteiger partial charge in [0.25, 0.3) is 0 Å². The van der Waals surface area contributed by atoms with E-state index in [-0.39, 0.29) is 11.8 Å². The zero-order valence-corrected chi connectivity index (χ0v) is 8.96. The molecule has 85 valence electrons. The minimum absolute atomic E-state index is 0.148. The highest BCUT2D eigenvalue weighted by atomic mass is 16.7. The Hall–Kier alpha value is -1.59. The standard InChI is InChI=1S/C5H9O3.C4H5NO2/c1-5(2,3)8-4(6)7;6-3-1-2-4(7)5-3/h1-3H3;1-2H2,(H,5,6,7). The van der Waals surface area contributed by atoms with Gasteiger partial charge in [-0.2, -0.15) is 9.90 Å². The van der Waals surface area contributed by atoms with Crippen LogP contribution in [0.25, 0.3) is 0 Å². The monoisotopic (exact) mass is 216 g/mol. The Balaban J connectivity index is 0.000000262. The molecule has 0 aromatic heterocycles. The second-order valence-corrected chi connectivity index (χ2v) is 3.94. The minimum atomic E-state index is -1.47. The lowest BCUT2D eigenvalue weighted by atomic mass is 10.2. The van der Waals surface area contributed by atoms with Crippen LogP contribution >= 0.6 is 0 Å². The fourth-order valence-corrected chi connectivity index (χ4v) is 0.758. The van der Waals surface area contributed by atoms with Crippen LogP contribution in [0.5, 0.6) is 0 Å². The Morgan fingerprint density at radius 1 is 1.20 bits per heavy atom. The SMILES string of the molecule is CC(C)(C)OC([O])=O.O=C1CCC(=O)N1. The molecule has 1 N–H and O–H groups in total. The quantitative estimate of drug-likeness (QED) is 0.478. The van der Waals surface area contributed by atoms with Crippen LogP contribution in [0.1, 0.15) is 33.6 Å². The molecule has 0 bridgehead atoms. The van der Waals surface area contributed by atoms with Gasteiger partial charge in [-0.3, -0.25) is 14.9 Å². The second kappa shape index (κ2) is 5.33. The number of carbonyl (C=O) groups is 3. The molecular formula is C9H14NO5. The van der Waals surface area contributed by atoms with Crippen LogP contribution in [0.4, 0.5) is 4.79 Å². The summed E-state index contributed by atoms with van der Waals surface area (Å²) in [6, 6.07) is 0. The van der Waals surface area contributed by atoms with Gasteiger partial charge in [0, 0.05) is 12.8 Å². The molecule has 1 saturated heterocycles. The first-order valence-corrected chi connectivity index (χ1v) is 4.43. The van der Waals surface area contributed by atoms with Crippen molar-refractivity contribution >= 4 is 18.0 Å². The van der Waals surface area contributed by atoms with Gasteiger partial charge in [0.05, 0.1) is 0 Å². The molecule has 1 aliphatic rings. The van der Waals surface area contributed by atoms with Crippen LogP contribution in [0.2, 0.25) is 0 Å². The molecule has 1 aliphatic heterocycles. The highest BCUT2D eigenvalue weighted by molar-refractivity contribution is 6.01. The summed E-state index contributed by atoms with van der Waals surface area (Å²) in [5, 5.41) is 11.8. The number of hydrogen-bond acceptors (Lipinski definition) is 4. The van der Waals surface area contributed by atoms with Crippen LogP contribution in [-0.2, 0) is 19.4 Å². The summed E-state index contributed by atoms with van der Waals surface area (Å²) in [5.74, 6) is -0.296. The van der Waals surface area contributed by atoms with Gasteiger partial charge >= 0.3 is 6.16 Å². The van der Waals surface area contributed by atoms with Crippen molar-refractivity contribution in [2.75, 3.05) is 0 Å². The Bertz CT molecular complexity index is 252. The van der Waals surface area contributed by atoms with Gasteiger partial charge in [-0.05, 0) is 20.8 Å². The molecule has 1 radical (unpaired) electrons. The minimum Gasteiger partial charge on any atom is -0.426 e. The lowest BCUT2D eigenvalue weighted by Crippen LogP contribution is -2.21. The van der Waals surface area contributed by atoms with Crippen molar-refractivity contribution in [2.24, 2.45) is 0 Å². The van der Waals surface area contributed by atoms with Gasteiger partial charge in [-0.1, -0.05) is 0 Å². The number of amides is 2. The highest BCUT2D eigenvalue weighted by Crippen LogP contribution is 2.05. The summed E-state index contributed by atoms with van der Waals surface area (Å²) >= 11 is 0. The lowest BCUT2D eigenvalue weighted by Gasteiger charge is -2.14. The summed E-state index contributed by atoms with van der Waals surface area (Å²) in [5.41, 5.74) is -0.640. The molecule has 1 fully saturated rings. The number of hydrogen-bond donors (Lipinski definition) is 1. The third kappa shape index (κ3) is 8.73. The van der Waals surface area contributed by atoms with Crippen molar-refractivity contribution < 1.29 is 24.2 Å². The summed E-state index contributed by atoms with van der Waals surface area (Å²) in [6.45, 7) is 4.92. The van der Waals surface area contributed by atoms with Gasteiger partial charge in [-0.15, -0.1) is 0 Å². The first-order valence-electron chi connectivity index (χ1n) is 4.43. The normalized spacial score (nSPS) is 15.1. The summed E-state index contributed by atoms with van der Waals surface area (Å²) in [6.07, 6.45) is -0.727. The zero-order chi connectivity index (χ0) is 12.1. The van der Waals surface area contributed by atoms with Crippen molar-refractivity contribution in [1.82, 2.24) is 5.32 Å². The van der Waals surface area contributed by atoms with E-state index in [0.717, 1.165) is 0 Å². The maximum absolute atomic E-state index is 10.1. The van der Waals surface area contributed by atoms with Crippen LogP contribution in [0, 0.1) is 0 Å². The van der Waals surface area contributed by atoms with Crippen molar-refractivity contribution in [3.05, 3.63) is 0 Å². The Kier molecular flexibility index (Phi) is 4.77. The molecule has 0 unspecified atom stereocenters. The molecule has 0 aromatic rings. The smallest absolute Gasteiger partial charge is 0.426 e. The van der Waals surface area contributed by atoms with E-state index in [1.165, 1.54) is 0 Å². The summed E-state index contributed by atoms with van der Waals surface area (Å²) in [7, 11) is 0. The predicted molar refractivity (Wildman–Crippen MR) is 49.3 cm³/mol. The van der Waals surface area contributed by atoms with Crippen molar-refractivity contribution in [2.45, 2.75) is 39.2 Å². The molecule has 0 aliphatic carbocycles. The van der Waals surface area contributed by atoms with E-state index in [1.807, 2.05) is 0 Å². The molecule has 1 heterocycles. The van der Waals surface area contributed by atoms with E-state index < -0.39 is 11.8 Å². The van der Waals surface area contributed by atoms with Crippen molar-refractivity contribution in [3.63, 3.8) is 0 Å². The van der Waals surface area contributed by atoms with Crippen molar-refractivity contribution in [3.8, 4) is 0 Å². The Morgan fingerprint density at radius 3 is 1.67 bits per heavy atom. The van der Waals surface area contributed by atoms with Crippen LogP contribution < -0.4 is 5.32 Å². The van der Waals surface area contributed by atoms with E-state index >= 15 is 0 Å². The fourth-order valence-electron chi connectivity index (χ4n) is 0.758. The van der Waals surface area contributed by atoms with E-state index in [1.54, 1.807) is 20.8 Å². The number of imide groups is 1. The van der Waals surface area contributed by atoms with E-state index in [0.29, 0.717) is 12.8 Å². The molecule has 2 amide bonds. The first kappa shape index (κ1) is 13.4. The summed E-state index contributed by atoms with van der Waals surface area (Å²) < 4.78 is 4.24. The molecule has 15 heavy (non-hydrogen) atoms. The molecule has 1 rings (SSSR count). The maximum Gasteiger partial charge on any atom is 0.550 e. The van der Waals surface area contributed by atoms with Crippen LogP contribution in [0.3, 0.4) is 0 Å². The van der Waals surface area contributed by atoms with E-state index in [4.69, 9.17) is 0 Å². The molecule has 6 nitrogen and oxygen atoms in total. The van der Waals surface area contributed by atoms with Crippen LogP contribution in [-0.4, -0.2) is 23.6 Å². The van der Waals surface area contributed by atoms with Crippen LogP contribution in [0.15, 0.2) is 0 Å². The highest BCUT2D eigenvalue weighted by Gasteiger charge is 2.16. The zero-order valence-electron chi connectivity index (χ0n) is 8.96. The number of rotatable bonds is 0. The maximum atomic E-state index is 10.1. The molecular weight excluding hydrogens is 202 g/mol. The predicted octanol–water partition coefficient (Wildman–Crippen LogP) is 0.775. The molecule has 0 atom stereocenters. The number of carbonyl (C=O) groups excluding carboxylic acids is 3. The Morgan fingerprint density at radius 2 is 1.60 bits per heavy atom. The van der Waals surface area contributed by atoms with E-state index in [2.05, 4.69) is 10.1 Å². The lowest BCUT2D eigenvalue weighted by molar-refractivity contribution is -0.124. The van der Waals surface area contributed by atoms with E-state index in [9.17, 15) is 19.5 Å². The molecule has 6 heteroatoms. The average Bonchev–Trinajstić information content (AvgIpc) is 2.29. The van der Waals surface area contributed by atoms with Gasteiger partial charge in [0.15, 0.2) is 0 Å². The molecule has 0 spiro atoms. The Labute approximate surface area is 87.6 Å². The number of nitrogens with one attached hydrogen (secondary N) is 1. The molecule has 0 saturated carbocycles. The van der Waals surface area contributed by atoms with Crippen molar-refractivity contribution in [1.29, 1.82) is 0 Å². The summed E-state index contributed by atoms with van der Waals surface area (Å²) in [4.78, 5) is 29.9. The van der Waals surface area contributed by atoms with Gasteiger partial charge in [0.2, 0.25) is 11.8 Å². The second-order valence-electron chi connectivity index (χ2n) is 3.94. The third-order valence-corrected chi connectivity index (χ3v) is 1.25. The largest absolute Gasteiger partial charge is 0.550 e. The van der Waals surface area contributed by atoms with Gasteiger partial charge in [0.1, 0.15) is 5.60 Å². The number of ether oxygens (including phenoxy) is 1. The third-order valence-electron chi connectivity index (χ3n) is 1.25. The van der Waals surface area contributed by atoms with Gasteiger partial charge in [-0.25, -0.2) is 0 Å². The first-order chi connectivity index (χ1) is 6.70. The van der Waals surface area contributed by atoms with Gasteiger partial charge < -0.3 is 4.74 Å². The fraction of sp³-hybridized carbons (Fsp3) is 0.667. The molecule has 0 aromatic carbocycles. The average molecular weight is 216 g/mol.